The number of rotatable bonds is 2. The zero-order valence-electron chi connectivity index (χ0n) is 12.3. The highest BCUT2D eigenvalue weighted by molar-refractivity contribution is 7.16. The number of aromatic nitrogens is 2. The average Bonchev–Trinajstić information content (AvgIpc) is 3.17. The Kier molecular flexibility index (Phi) is 3.36. The largest absolute Gasteiger partial charge is 0.345 e. The molecule has 0 radical (unpaired) electrons. The van der Waals surface area contributed by atoms with Crippen molar-refractivity contribution in [2.45, 2.75) is 25.7 Å². The van der Waals surface area contributed by atoms with Crippen molar-refractivity contribution >= 4 is 33.3 Å². The lowest BCUT2D eigenvalue weighted by Gasteiger charge is -2.09. The molecule has 0 unspecified atom stereocenters. The number of carbonyl (C=O) groups is 1. The first kappa shape index (κ1) is 14.0. The molecule has 1 aliphatic rings. The molecule has 3 aromatic rings. The second kappa shape index (κ2) is 5.52. The number of carbonyl (C=O) groups excluding carboxylic acids is 1. The fraction of sp³-hybridized carbons (Fsp3) is 0.235. The average molecular weight is 322 g/mol. The summed E-state index contributed by atoms with van der Waals surface area (Å²) in [4.78, 5) is 20.9. The Morgan fingerprint density at radius 3 is 3.09 bits per heavy atom. The Hall–Kier alpha value is -2.65. The molecule has 0 bridgehead atoms. The highest BCUT2D eigenvalue weighted by Crippen LogP contribution is 2.37. The summed E-state index contributed by atoms with van der Waals surface area (Å²) >= 11 is 1.54. The van der Waals surface area contributed by atoms with Crippen molar-refractivity contribution in [3.63, 3.8) is 0 Å². The van der Waals surface area contributed by atoms with Gasteiger partial charge < -0.3 is 10.3 Å². The van der Waals surface area contributed by atoms with Crippen molar-refractivity contribution in [3.8, 4) is 6.07 Å². The summed E-state index contributed by atoms with van der Waals surface area (Å²) in [6, 6.07) is 7.60. The van der Waals surface area contributed by atoms with Crippen LogP contribution in [0.4, 0.5) is 5.00 Å². The van der Waals surface area contributed by atoms with E-state index in [-0.39, 0.29) is 5.91 Å². The lowest BCUT2D eigenvalue weighted by atomic mass is 9.96. The number of nitrogens with one attached hydrogen (secondary N) is 2. The van der Waals surface area contributed by atoms with E-state index in [0.29, 0.717) is 16.1 Å². The first-order chi connectivity index (χ1) is 11.3. The molecule has 0 saturated heterocycles. The third-order valence-electron chi connectivity index (χ3n) is 4.19. The topological polar surface area (TPSA) is 81.6 Å². The van der Waals surface area contributed by atoms with Gasteiger partial charge in [-0.2, -0.15) is 5.26 Å². The van der Waals surface area contributed by atoms with Gasteiger partial charge in [0.2, 0.25) is 0 Å². The third-order valence-corrected chi connectivity index (χ3v) is 5.40. The number of fused-ring (bicyclic) bond motifs is 2. The van der Waals surface area contributed by atoms with Crippen LogP contribution in [0, 0.1) is 11.3 Å². The lowest BCUT2D eigenvalue weighted by molar-refractivity contribution is 0.102. The van der Waals surface area contributed by atoms with E-state index in [4.69, 9.17) is 0 Å². The van der Waals surface area contributed by atoms with Gasteiger partial charge >= 0.3 is 0 Å². The summed E-state index contributed by atoms with van der Waals surface area (Å²) < 4.78 is 0. The standard InChI is InChI=1S/C17H14N4OS/c18-8-12-11-3-1-2-4-15(11)23-17(12)21-16(22)10-5-6-13-14(7-10)20-9-19-13/h5-7,9H,1-4H2,(H,19,20)(H,21,22). The van der Waals surface area contributed by atoms with Gasteiger partial charge in [0.15, 0.2) is 0 Å². The van der Waals surface area contributed by atoms with E-state index in [1.54, 1.807) is 29.8 Å². The highest BCUT2D eigenvalue weighted by Gasteiger charge is 2.22. The molecule has 2 heterocycles. The van der Waals surface area contributed by atoms with Crippen LogP contribution in [0.25, 0.3) is 11.0 Å². The van der Waals surface area contributed by atoms with Crippen LogP contribution in [0.2, 0.25) is 0 Å². The molecule has 2 aromatic heterocycles. The third kappa shape index (κ3) is 2.39. The molecule has 1 amide bonds. The predicted molar refractivity (Wildman–Crippen MR) is 89.7 cm³/mol. The van der Waals surface area contributed by atoms with E-state index in [0.717, 1.165) is 42.3 Å². The number of nitrogens with zero attached hydrogens (tertiary/aromatic N) is 2. The van der Waals surface area contributed by atoms with Gasteiger partial charge in [0.25, 0.3) is 5.91 Å². The van der Waals surface area contributed by atoms with Crippen LogP contribution in [0.3, 0.4) is 0 Å². The second-order valence-electron chi connectivity index (χ2n) is 5.62. The SMILES string of the molecule is N#Cc1c(NC(=O)c2ccc3nc[nH]c3c2)sc2c1CCCC2. The van der Waals surface area contributed by atoms with Crippen LogP contribution in [0.15, 0.2) is 24.5 Å². The Balaban J connectivity index is 1.66. The molecule has 2 N–H and O–H groups in total. The Morgan fingerprint density at radius 2 is 2.22 bits per heavy atom. The first-order valence-electron chi connectivity index (χ1n) is 7.55. The van der Waals surface area contributed by atoms with Gasteiger partial charge in [-0.3, -0.25) is 4.79 Å². The van der Waals surface area contributed by atoms with E-state index in [9.17, 15) is 10.1 Å². The molecule has 23 heavy (non-hydrogen) atoms. The summed E-state index contributed by atoms with van der Waals surface area (Å²) in [6.07, 6.45) is 5.81. The number of imidazole rings is 1. The summed E-state index contributed by atoms with van der Waals surface area (Å²) in [6.45, 7) is 0. The van der Waals surface area contributed by atoms with Gasteiger partial charge in [-0.05, 0) is 49.4 Å². The summed E-state index contributed by atoms with van der Waals surface area (Å²) in [5, 5.41) is 13.0. The van der Waals surface area contributed by atoms with Crippen molar-refractivity contribution in [3.05, 3.63) is 46.1 Å². The zero-order valence-corrected chi connectivity index (χ0v) is 13.2. The number of hydrogen-bond donors (Lipinski definition) is 2. The molecule has 0 saturated carbocycles. The maximum Gasteiger partial charge on any atom is 0.256 e. The molecule has 1 aliphatic carbocycles. The Morgan fingerprint density at radius 1 is 1.35 bits per heavy atom. The van der Waals surface area contributed by atoms with Gasteiger partial charge in [0.05, 0.1) is 22.9 Å². The zero-order chi connectivity index (χ0) is 15.8. The summed E-state index contributed by atoms with van der Waals surface area (Å²) in [5.74, 6) is -0.198. The molecule has 0 spiro atoms. The summed E-state index contributed by atoms with van der Waals surface area (Å²) in [7, 11) is 0. The van der Waals surface area contributed by atoms with Gasteiger partial charge in [0, 0.05) is 10.4 Å². The van der Waals surface area contributed by atoms with E-state index < -0.39 is 0 Å². The van der Waals surface area contributed by atoms with E-state index in [1.165, 1.54) is 4.88 Å². The minimum atomic E-state index is -0.198. The number of amides is 1. The fourth-order valence-electron chi connectivity index (χ4n) is 3.02. The molecule has 6 heteroatoms. The van der Waals surface area contributed by atoms with Crippen LogP contribution < -0.4 is 5.32 Å². The van der Waals surface area contributed by atoms with E-state index in [1.807, 2.05) is 6.07 Å². The lowest BCUT2D eigenvalue weighted by Crippen LogP contribution is -2.11. The Bertz CT molecular complexity index is 947. The normalized spacial score (nSPS) is 13.5. The van der Waals surface area contributed by atoms with Crippen LogP contribution in [0.5, 0.6) is 0 Å². The van der Waals surface area contributed by atoms with E-state index in [2.05, 4.69) is 21.4 Å². The molecule has 0 fully saturated rings. The van der Waals surface area contributed by atoms with Crippen LogP contribution in [-0.2, 0) is 12.8 Å². The number of aromatic amines is 1. The van der Waals surface area contributed by atoms with Gasteiger partial charge in [-0.15, -0.1) is 11.3 Å². The van der Waals surface area contributed by atoms with Crippen molar-refractivity contribution < 1.29 is 4.79 Å². The number of hydrogen-bond acceptors (Lipinski definition) is 4. The van der Waals surface area contributed by atoms with Crippen LogP contribution in [0.1, 0.15) is 39.2 Å². The van der Waals surface area contributed by atoms with Crippen molar-refractivity contribution in [2.75, 3.05) is 5.32 Å². The van der Waals surface area contributed by atoms with Crippen molar-refractivity contribution in [1.29, 1.82) is 5.26 Å². The Labute approximate surface area is 137 Å². The monoisotopic (exact) mass is 322 g/mol. The number of benzene rings is 1. The maximum absolute atomic E-state index is 12.5. The molecule has 0 atom stereocenters. The molecular formula is C17H14N4OS. The number of anilines is 1. The minimum Gasteiger partial charge on any atom is -0.345 e. The van der Waals surface area contributed by atoms with Crippen molar-refractivity contribution in [2.24, 2.45) is 0 Å². The summed E-state index contributed by atoms with van der Waals surface area (Å²) in [5.41, 5.74) is 3.97. The predicted octanol–water partition coefficient (Wildman–Crippen LogP) is 3.63. The fourth-order valence-corrected chi connectivity index (χ4v) is 4.26. The highest BCUT2D eigenvalue weighted by atomic mass is 32.1. The quantitative estimate of drug-likeness (QED) is 0.756. The van der Waals surface area contributed by atoms with Gasteiger partial charge in [-0.1, -0.05) is 0 Å². The number of H-pyrrole nitrogens is 1. The molecule has 0 aliphatic heterocycles. The number of aryl methyl sites for hydroxylation is 1. The first-order valence-corrected chi connectivity index (χ1v) is 8.37. The number of thiophene rings is 1. The maximum atomic E-state index is 12.5. The van der Waals surface area contributed by atoms with Crippen LogP contribution in [-0.4, -0.2) is 15.9 Å². The number of nitriles is 1. The molecular weight excluding hydrogens is 308 g/mol. The van der Waals surface area contributed by atoms with Crippen molar-refractivity contribution in [1.82, 2.24) is 9.97 Å². The molecule has 114 valence electrons. The van der Waals surface area contributed by atoms with Gasteiger partial charge in [-0.25, -0.2) is 4.98 Å². The van der Waals surface area contributed by atoms with Crippen LogP contribution >= 0.6 is 11.3 Å². The smallest absolute Gasteiger partial charge is 0.256 e. The van der Waals surface area contributed by atoms with E-state index >= 15 is 0 Å². The molecule has 1 aromatic carbocycles. The minimum absolute atomic E-state index is 0.198. The molecule has 5 nitrogen and oxygen atoms in total. The molecule has 4 rings (SSSR count). The van der Waals surface area contributed by atoms with Gasteiger partial charge in [0.1, 0.15) is 11.1 Å². The second-order valence-corrected chi connectivity index (χ2v) is 6.72.